The van der Waals surface area contributed by atoms with E-state index in [9.17, 15) is 18.9 Å². The minimum absolute atomic E-state index is 0.00921. The highest BCUT2D eigenvalue weighted by Gasteiger charge is 2.26. The Hall–Kier alpha value is -1.31. The fraction of sp³-hybridized carbons (Fsp3) is 0.375. The van der Waals surface area contributed by atoms with Crippen molar-refractivity contribution in [2.45, 2.75) is 11.8 Å². The molecule has 0 atom stereocenters. The number of halogens is 3. The summed E-state index contributed by atoms with van der Waals surface area (Å²) in [7, 11) is 1.17. The van der Waals surface area contributed by atoms with Gasteiger partial charge in [0.05, 0.1) is 18.5 Å². The van der Waals surface area contributed by atoms with E-state index in [1.54, 1.807) is 0 Å². The van der Waals surface area contributed by atoms with Crippen molar-refractivity contribution in [3.05, 3.63) is 27.4 Å². The molecule has 1 aromatic heterocycles. The molecule has 1 heterocycles. The van der Waals surface area contributed by atoms with Crippen molar-refractivity contribution >= 4 is 21.7 Å². The molecule has 16 heavy (non-hydrogen) atoms. The van der Waals surface area contributed by atoms with E-state index < -0.39 is 22.7 Å². The first-order valence-electron chi connectivity index (χ1n) is 4.07. The summed E-state index contributed by atoms with van der Waals surface area (Å²) in [6.45, 7) is 0. The molecule has 0 unspecified atom stereocenters. The average molecular weight is 297 g/mol. The molecule has 0 saturated heterocycles. The van der Waals surface area contributed by atoms with Gasteiger partial charge in [-0.3, -0.25) is 0 Å². The van der Waals surface area contributed by atoms with Crippen molar-refractivity contribution in [2.75, 3.05) is 7.11 Å². The topological polar surface area (TPSA) is 65.3 Å². The Kier molecular flexibility index (Phi) is 4.11. The molecule has 0 N–H and O–H groups in total. The van der Waals surface area contributed by atoms with Crippen LogP contribution in [0.5, 0.6) is 5.75 Å². The summed E-state index contributed by atoms with van der Waals surface area (Å²) in [5, 5.41) is 10.5. The van der Waals surface area contributed by atoms with Crippen LogP contribution in [0.1, 0.15) is 17.7 Å². The lowest BCUT2D eigenvalue weighted by molar-refractivity contribution is -0.389. The van der Waals surface area contributed by atoms with E-state index in [1.807, 2.05) is 0 Å². The summed E-state index contributed by atoms with van der Waals surface area (Å²) in [5.41, 5.74) is -0.522. The van der Waals surface area contributed by atoms with Gasteiger partial charge in [-0.1, -0.05) is 15.9 Å². The van der Waals surface area contributed by atoms with Crippen LogP contribution in [0.2, 0.25) is 0 Å². The lowest BCUT2D eigenvalue weighted by Gasteiger charge is -2.08. The molecule has 0 bridgehead atoms. The van der Waals surface area contributed by atoms with E-state index in [1.165, 1.54) is 7.11 Å². The molecule has 8 heteroatoms. The Bertz CT molecular complexity index is 389. The summed E-state index contributed by atoms with van der Waals surface area (Å²) < 4.78 is 30.1. The summed E-state index contributed by atoms with van der Waals surface area (Å²) in [6, 6.07) is 0.883. The second-order valence-corrected chi connectivity index (χ2v) is 3.30. The molecule has 0 radical (unpaired) electrons. The van der Waals surface area contributed by atoms with Gasteiger partial charge in [-0.05, 0) is 9.91 Å². The predicted octanol–water partition coefficient (Wildman–Crippen LogP) is 2.83. The number of aromatic nitrogens is 1. The molecule has 0 aliphatic rings. The molecule has 88 valence electrons. The molecule has 5 nitrogen and oxygen atoms in total. The number of hydrogen-bond acceptors (Lipinski definition) is 4. The Morgan fingerprint density at radius 3 is 2.69 bits per heavy atom. The Balaban J connectivity index is 3.42. The lowest BCUT2D eigenvalue weighted by atomic mass is 10.2. The molecule has 0 spiro atoms. The second kappa shape index (κ2) is 5.15. The van der Waals surface area contributed by atoms with E-state index in [-0.39, 0.29) is 16.8 Å². The number of ether oxygens (including phenoxy) is 1. The maximum atomic E-state index is 12.7. The molecular weight excluding hydrogens is 290 g/mol. The SMILES string of the molecule is COc1cc([N+](=O)[O-])nc(CBr)c1C(F)F. The predicted molar refractivity (Wildman–Crippen MR) is 55.0 cm³/mol. The van der Waals surface area contributed by atoms with E-state index in [4.69, 9.17) is 4.74 Å². The quantitative estimate of drug-likeness (QED) is 0.487. The van der Waals surface area contributed by atoms with Gasteiger partial charge in [-0.2, -0.15) is 0 Å². The van der Waals surface area contributed by atoms with Gasteiger partial charge in [-0.25, -0.2) is 8.78 Å². The van der Waals surface area contributed by atoms with Crippen LogP contribution in [0.3, 0.4) is 0 Å². The normalized spacial score (nSPS) is 10.6. The van der Waals surface area contributed by atoms with Crippen LogP contribution in [-0.2, 0) is 5.33 Å². The van der Waals surface area contributed by atoms with Crippen molar-refractivity contribution in [1.82, 2.24) is 4.98 Å². The second-order valence-electron chi connectivity index (χ2n) is 2.73. The smallest absolute Gasteiger partial charge is 0.367 e. The summed E-state index contributed by atoms with van der Waals surface area (Å²) >= 11 is 2.95. The number of nitrogens with zero attached hydrogens (tertiary/aromatic N) is 2. The monoisotopic (exact) mass is 296 g/mol. The maximum absolute atomic E-state index is 12.7. The van der Waals surface area contributed by atoms with E-state index in [0.717, 1.165) is 6.07 Å². The molecule has 1 aromatic rings. The largest absolute Gasteiger partial charge is 0.496 e. The van der Waals surface area contributed by atoms with E-state index in [2.05, 4.69) is 20.9 Å². The molecule has 0 aromatic carbocycles. The number of rotatable bonds is 4. The van der Waals surface area contributed by atoms with Crippen molar-refractivity contribution < 1.29 is 18.4 Å². The molecule has 0 fully saturated rings. The first kappa shape index (κ1) is 12.8. The van der Waals surface area contributed by atoms with Gasteiger partial charge in [0.2, 0.25) is 0 Å². The average Bonchev–Trinajstić information content (AvgIpc) is 2.26. The fourth-order valence-corrected chi connectivity index (χ4v) is 1.59. The first-order valence-corrected chi connectivity index (χ1v) is 5.19. The molecule has 1 rings (SSSR count). The highest BCUT2D eigenvalue weighted by molar-refractivity contribution is 9.08. The summed E-state index contributed by atoms with van der Waals surface area (Å²) in [4.78, 5) is 13.3. The van der Waals surface area contributed by atoms with Gasteiger partial charge in [0, 0.05) is 0 Å². The van der Waals surface area contributed by atoms with Crippen LogP contribution >= 0.6 is 15.9 Å². The zero-order valence-electron chi connectivity index (χ0n) is 8.11. The van der Waals surface area contributed by atoms with E-state index in [0.29, 0.717) is 0 Å². The van der Waals surface area contributed by atoms with Gasteiger partial charge in [0.25, 0.3) is 6.43 Å². The van der Waals surface area contributed by atoms with Crippen LogP contribution in [0.15, 0.2) is 6.07 Å². The third-order valence-electron chi connectivity index (χ3n) is 1.84. The van der Waals surface area contributed by atoms with Crippen LogP contribution in [0.4, 0.5) is 14.6 Å². The third kappa shape index (κ3) is 2.43. The lowest BCUT2D eigenvalue weighted by Crippen LogP contribution is -2.03. The van der Waals surface area contributed by atoms with Crippen molar-refractivity contribution in [3.63, 3.8) is 0 Å². The van der Waals surface area contributed by atoms with Gasteiger partial charge >= 0.3 is 5.82 Å². The zero-order chi connectivity index (χ0) is 12.3. The Labute approximate surface area is 97.7 Å². The third-order valence-corrected chi connectivity index (χ3v) is 2.37. The van der Waals surface area contributed by atoms with Gasteiger partial charge in [0.15, 0.2) is 5.69 Å². The Morgan fingerprint density at radius 2 is 2.31 bits per heavy atom. The summed E-state index contributed by atoms with van der Waals surface area (Å²) in [5.74, 6) is -0.748. The highest BCUT2D eigenvalue weighted by atomic mass is 79.9. The van der Waals surface area contributed by atoms with Crippen LogP contribution in [0.25, 0.3) is 0 Å². The molecule has 0 aliphatic heterocycles. The number of alkyl halides is 3. The molecule has 0 aliphatic carbocycles. The van der Waals surface area contributed by atoms with Crippen LogP contribution < -0.4 is 4.74 Å². The fourth-order valence-electron chi connectivity index (χ4n) is 1.17. The van der Waals surface area contributed by atoms with E-state index >= 15 is 0 Å². The van der Waals surface area contributed by atoms with Gasteiger partial charge in [-0.15, -0.1) is 0 Å². The van der Waals surface area contributed by atoms with Crippen molar-refractivity contribution in [1.29, 1.82) is 0 Å². The van der Waals surface area contributed by atoms with Crippen molar-refractivity contribution in [2.24, 2.45) is 0 Å². The Morgan fingerprint density at radius 1 is 1.69 bits per heavy atom. The van der Waals surface area contributed by atoms with Gasteiger partial charge in [0.1, 0.15) is 11.3 Å². The standard InChI is InChI=1S/C8H7BrF2N2O3/c1-16-5-2-6(13(14)15)12-4(3-9)7(5)8(10)11/h2,8H,3H2,1H3. The van der Waals surface area contributed by atoms with Crippen LogP contribution in [-0.4, -0.2) is 17.0 Å². The molecule has 0 amide bonds. The zero-order valence-corrected chi connectivity index (χ0v) is 9.70. The minimum Gasteiger partial charge on any atom is -0.496 e. The number of pyridine rings is 1. The summed E-state index contributed by atoms with van der Waals surface area (Å²) in [6.07, 6.45) is -2.80. The number of methoxy groups -OCH3 is 1. The maximum Gasteiger partial charge on any atom is 0.367 e. The van der Waals surface area contributed by atoms with Crippen LogP contribution in [0, 0.1) is 10.1 Å². The minimum atomic E-state index is -2.80. The molecular formula is C8H7BrF2N2O3. The first-order chi connectivity index (χ1) is 7.51. The number of nitro groups is 1. The van der Waals surface area contributed by atoms with Gasteiger partial charge < -0.3 is 14.9 Å². The highest BCUT2D eigenvalue weighted by Crippen LogP contribution is 2.34. The van der Waals surface area contributed by atoms with Crippen molar-refractivity contribution in [3.8, 4) is 5.75 Å². The molecule has 0 saturated carbocycles. The number of hydrogen-bond donors (Lipinski definition) is 0.